The van der Waals surface area contributed by atoms with Crippen LogP contribution in [0.4, 0.5) is 34.9 Å². The van der Waals surface area contributed by atoms with Gasteiger partial charge in [0.2, 0.25) is 35.1 Å². The van der Waals surface area contributed by atoms with E-state index in [1.54, 1.807) is 29.2 Å². The van der Waals surface area contributed by atoms with Gasteiger partial charge >= 0.3 is 6.18 Å². The van der Waals surface area contributed by atoms with Gasteiger partial charge in [-0.25, -0.2) is 19.3 Å². The van der Waals surface area contributed by atoms with Crippen molar-refractivity contribution in [1.82, 2.24) is 50.2 Å². The number of aromatic nitrogens is 4. The Balaban J connectivity index is 0.721. The first-order valence-corrected chi connectivity index (χ1v) is 30.4. The Morgan fingerprint density at radius 1 is 0.874 bits per heavy atom. The number of pyridine rings is 1. The number of amides is 5. The van der Waals surface area contributed by atoms with Gasteiger partial charge in [0.1, 0.15) is 17.9 Å². The van der Waals surface area contributed by atoms with Gasteiger partial charge in [0.15, 0.2) is 0 Å². The van der Waals surface area contributed by atoms with E-state index in [4.69, 9.17) is 0 Å². The number of hydrogen-bond donors (Lipinski definition) is 5. The standard InChI is InChI=1S/C62H77F4N13O7S/c1-37-32-78(33-38(2)74(37)7)50-27-48(63)45(25-49(50)72-57(84)46-31-67-53(82)26-47(46)62(64,65)66)42-16-18-77(19-17-42)60-69-29-41(30-70-60)34-75-20-22-76(23-21-75)54(83)11-9-8-10-52(81)73-56(61(4,5)6)59(86)79-35-44(80)24-51(79)58(85)68-28-40-12-14-43(15-13-40)55-39(3)71-36-87-55/h12-16,25-27,29-31,36-38,44,51,56,80H,8-11,17-24,28,32-35H2,1-7H3,(H,67,82)(H,68,85)(H,72,84)(H,73,81)/t37-,38+,44-,51+,56-/m1/s1. The summed E-state index contributed by atoms with van der Waals surface area (Å²) < 4.78 is 58.4. The number of hydrogen-bond acceptors (Lipinski definition) is 15. The number of unbranched alkanes of at least 4 members (excludes halogenated alkanes) is 1. The normalized spacial score (nSPS) is 20.1. The summed E-state index contributed by atoms with van der Waals surface area (Å²) in [6.07, 6.45) is 1.93. The lowest BCUT2D eigenvalue weighted by Crippen LogP contribution is -2.57. The van der Waals surface area contributed by atoms with Gasteiger partial charge in [-0.3, -0.25) is 38.6 Å². The van der Waals surface area contributed by atoms with Gasteiger partial charge in [0.25, 0.3) is 5.91 Å². The molecule has 20 nitrogen and oxygen atoms in total. The third kappa shape index (κ3) is 15.6. The van der Waals surface area contributed by atoms with Crippen LogP contribution >= 0.6 is 11.3 Å². The zero-order chi connectivity index (χ0) is 62.5. The van der Waals surface area contributed by atoms with Crippen molar-refractivity contribution in [3.63, 3.8) is 0 Å². The van der Waals surface area contributed by atoms with E-state index < -0.39 is 64.1 Å². The molecule has 5 amide bonds. The molecule has 0 radical (unpaired) electrons. The van der Waals surface area contributed by atoms with Gasteiger partial charge in [-0.15, -0.1) is 11.3 Å². The number of aromatic amines is 1. The van der Waals surface area contributed by atoms with Gasteiger partial charge in [0, 0.05) is 139 Å². The van der Waals surface area contributed by atoms with Crippen LogP contribution in [0, 0.1) is 18.2 Å². The molecule has 0 bridgehead atoms. The van der Waals surface area contributed by atoms with E-state index in [-0.39, 0.29) is 73.4 Å². The number of carbonyl (C=O) groups excluding carboxylic acids is 5. The Hall–Kier alpha value is -7.61. The van der Waals surface area contributed by atoms with Crippen LogP contribution in [0.25, 0.3) is 16.0 Å². The van der Waals surface area contributed by atoms with Gasteiger partial charge in [-0.05, 0) is 81.3 Å². The minimum atomic E-state index is -4.98. The molecule has 3 aromatic heterocycles. The molecule has 0 spiro atoms. The SMILES string of the molecule is Cc1ncsc1-c1ccc(CNC(=O)[C@@H]2C[C@@H](O)CN2C(=O)[C@@H](NC(=O)CCCCC(=O)N2CCN(Cc3cnc(N4CC=C(c5cc(NC(=O)c6c[nH]c(=O)cc6C(F)(F)F)c(N6C[C@@H](C)N(C)[C@@H](C)C6)cc5F)CC4)nc3)CC2)C(C)(C)C)cc1. The number of nitrogens with zero attached hydrogens (tertiary/aromatic N) is 9. The van der Waals surface area contributed by atoms with Crippen molar-refractivity contribution in [3.05, 3.63) is 122 Å². The average molecular weight is 1220 g/mol. The minimum Gasteiger partial charge on any atom is -0.391 e. The van der Waals surface area contributed by atoms with E-state index in [1.807, 2.05) is 93.6 Å². The van der Waals surface area contributed by atoms with E-state index in [0.717, 1.165) is 33.5 Å². The number of likely N-dealkylation sites (tertiary alicyclic amines) is 1. The maximum Gasteiger partial charge on any atom is 0.417 e. The van der Waals surface area contributed by atoms with Crippen molar-refractivity contribution >= 4 is 63.8 Å². The zero-order valence-electron chi connectivity index (χ0n) is 50.2. The molecule has 3 saturated heterocycles. The fourth-order valence-corrected chi connectivity index (χ4v) is 12.5. The smallest absolute Gasteiger partial charge is 0.391 e. The Bertz CT molecular complexity index is 3390. The summed E-state index contributed by atoms with van der Waals surface area (Å²) in [5.74, 6) is -2.36. The number of carbonyl (C=O) groups is 5. The highest BCUT2D eigenvalue weighted by atomic mass is 32.1. The molecule has 5 aromatic rings. The minimum absolute atomic E-state index is 0.00306. The molecule has 7 heterocycles. The topological polar surface area (TPSA) is 233 Å². The summed E-state index contributed by atoms with van der Waals surface area (Å²) in [5.41, 5.74) is 2.93. The van der Waals surface area contributed by atoms with Crippen molar-refractivity contribution in [2.45, 2.75) is 130 Å². The second-order valence-corrected chi connectivity index (χ2v) is 25.2. The molecule has 9 rings (SSSR count). The van der Waals surface area contributed by atoms with Crippen molar-refractivity contribution in [2.24, 2.45) is 5.41 Å². The fourth-order valence-electron chi connectivity index (χ4n) is 11.7. The molecule has 2 aromatic carbocycles. The van der Waals surface area contributed by atoms with Crippen molar-refractivity contribution in [1.29, 1.82) is 0 Å². The number of halogens is 4. The van der Waals surface area contributed by atoms with Crippen LogP contribution in [-0.4, -0.2) is 170 Å². The third-order valence-corrected chi connectivity index (χ3v) is 17.9. The molecule has 4 aliphatic rings. The number of piperazine rings is 2. The van der Waals surface area contributed by atoms with Gasteiger partial charge in [-0.2, -0.15) is 13.2 Å². The predicted octanol–water partition coefficient (Wildman–Crippen LogP) is 6.84. The number of aliphatic hydroxyl groups is 1. The van der Waals surface area contributed by atoms with E-state index in [2.05, 4.69) is 45.7 Å². The zero-order valence-corrected chi connectivity index (χ0v) is 51.0. The summed E-state index contributed by atoms with van der Waals surface area (Å²) in [4.78, 5) is 108. The maximum atomic E-state index is 16.3. The summed E-state index contributed by atoms with van der Waals surface area (Å²) in [6.45, 7) is 16.3. The summed E-state index contributed by atoms with van der Waals surface area (Å²) >= 11 is 1.56. The molecule has 466 valence electrons. The molecule has 87 heavy (non-hydrogen) atoms. The van der Waals surface area contributed by atoms with E-state index in [1.165, 1.54) is 17.0 Å². The van der Waals surface area contributed by atoms with Crippen LogP contribution in [-0.2, 0) is 38.4 Å². The molecule has 5 N–H and O–H groups in total. The van der Waals surface area contributed by atoms with Crippen LogP contribution in [0.2, 0.25) is 0 Å². The molecule has 4 aliphatic heterocycles. The van der Waals surface area contributed by atoms with Crippen LogP contribution in [0.5, 0.6) is 0 Å². The summed E-state index contributed by atoms with van der Waals surface area (Å²) in [5, 5.41) is 19.1. The quantitative estimate of drug-likeness (QED) is 0.0447. The highest BCUT2D eigenvalue weighted by Crippen LogP contribution is 2.38. The molecule has 25 heteroatoms. The lowest BCUT2D eigenvalue weighted by molar-refractivity contribution is -0.144. The number of aliphatic hydroxyl groups excluding tert-OH is 1. The molecule has 0 aliphatic carbocycles. The number of rotatable bonds is 18. The number of H-pyrrole nitrogens is 1. The molecule has 0 saturated carbocycles. The van der Waals surface area contributed by atoms with Gasteiger partial charge in [0.05, 0.1) is 44.7 Å². The maximum absolute atomic E-state index is 16.3. The molecule has 5 atom stereocenters. The first kappa shape index (κ1) is 63.9. The van der Waals surface area contributed by atoms with Gasteiger partial charge < -0.3 is 45.6 Å². The van der Waals surface area contributed by atoms with Crippen LogP contribution in [0.15, 0.2) is 77.4 Å². The average Bonchev–Trinajstić information content (AvgIpc) is 1.56. The lowest BCUT2D eigenvalue weighted by atomic mass is 9.85. The van der Waals surface area contributed by atoms with Crippen LogP contribution < -0.4 is 31.3 Å². The molecule has 3 fully saturated rings. The number of nitrogens with one attached hydrogen (secondary N) is 4. The van der Waals surface area contributed by atoms with Crippen LogP contribution in [0.3, 0.4) is 0 Å². The monoisotopic (exact) mass is 1220 g/mol. The Kier molecular flexibility index (Phi) is 20.0. The van der Waals surface area contributed by atoms with E-state index in [0.29, 0.717) is 101 Å². The number of aryl methyl sites for hydroxylation is 1. The second-order valence-electron chi connectivity index (χ2n) is 24.3. The number of β-amino-alcohol motifs (C(OH)–C–C–N with tert-alkyl or cyclic N) is 1. The molecular weight excluding hydrogens is 1150 g/mol. The first-order chi connectivity index (χ1) is 41.3. The Labute approximate surface area is 507 Å². The van der Waals surface area contributed by atoms with E-state index >= 15 is 4.39 Å². The summed E-state index contributed by atoms with van der Waals surface area (Å²) in [7, 11) is 1.98. The highest BCUT2D eigenvalue weighted by Gasteiger charge is 2.45. The van der Waals surface area contributed by atoms with Crippen molar-refractivity contribution in [3.8, 4) is 10.4 Å². The lowest BCUT2D eigenvalue weighted by Gasteiger charge is -2.44. The van der Waals surface area contributed by atoms with Crippen molar-refractivity contribution in [2.75, 3.05) is 81.1 Å². The molecular formula is C62H77F4N13O7S. The Morgan fingerprint density at radius 2 is 1.56 bits per heavy atom. The highest BCUT2D eigenvalue weighted by molar-refractivity contribution is 7.13. The predicted molar refractivity (Wildman–Crippen MR) is 324 cm³/mol. The Morgan fingerprint density at radius 3 is 2.20 bits per heavy atom. The van der Waals surface area contributed by atoms with Crippen molar-refractivity contribution < 1.29 is 46.6 Å². The number of anilines is 3. The number of alkyl halides is 3. The third-order valence-electron chi connectivity index (χ3n) is 16.9. The summed E-state index contributed by atoms with van der Waals surface area (Å²) in [6, 6.07) is 9.17. The largest absolute Gasteiger partial charge is 0.417 e. The molecule has 0 unspecified atom stereocenters. The number of thiazole rings is 1. The van der Waals surface area contributed by atoms with Gasteiger partial charge in [-0.1, -0.05) is 51.1 Å². The fraction of sp³-hybridized carbons (Fsp3) is 0.500. The van der Waals surface area contributed by atoms with E-state index in [9.17, 15) is 47.0 Å². The number of benzene rings is 2. The second kappa shape index (κ2) is 27.2. The first-order valence-electron chi connectivity index (χ1n) is 29.5. The van der Waals surface area contributed by atoms with Crippen LogP contribution in [0.1, 0.15) is 111 Å². The number of likely N-dealkylation sites (N-methyl/N-ethyl adjacent to an activating group) is 1.